The Morgan fingerprint density at radius 2 is 0.756 bits per heavy atom. The minimum Gasteiger partial charge on any atom is -0.311 e. The van der Waals surface area contributed by atoms with Crippen molar-refractivity contribution >= 4 is 96.1 Å². The third-order valence-electron chi connectivity index (χ3n) is 17.8. The second kappa shape index (κ2) is 21.8. The molecule has 2 aliphatic rings. The Hall–Kier alpha value is -11.9. The Labute approximate surface area is 523 Å². The van der Waals surface area contributed by atoms with Crippen molar-refractivity contribution in [2.75, 3.05) is 14.7 Å². The molecule has 0 bridgehead atoms. The van der Waals surface area contributed by atoms with E-state index in [9.17, 15) is 0 Å². The maximum Gasteiger partial charge on any atom is 0.252 e. The van der Waals surface area contributed by atoms with Crippen LogP contribution in [0.5, 0.6) is 0 Å². The molecule has 8 heteroatoms. The van der Waals surface area contributed by atoms with Gasteiger partial charge in [-0.2, -0.15) is 0 Å². The van der Waals surface area contributed by atoms with E-state index in [-0.39, 0.29) is 6.71 Å². The van der Waals surface area contributed by atoms with Crippen LogP contribution in [0.3, 0.4) is 0 Å². The number of benzene rings is 13. The van der Waals surface area contributed by atoms with Gasteiger partial charge in [0.2, 0.25) is 0 Å². The van der Waals surface area contributed by atoms with E-state index < -0.39 is 0 Å². The van der Waals surface area contributed by atoms with E-state index in [1.54, 1.807) is 0 Å². The van der Waals surface area contributed by atoms with Crippen molar-refractivity contribution in [2.24, 2.45) is 0 Å². The topological polar surface area (TPSA) is 53.3 Å². The van der Waals surface area contributed by atoms with Crippen molar-refractivity contribution < 1.29 is 0 Å². The van der Waals surface area contributed by atoms with E-state index in [0.717, 1.165) is 106 Å². The smallest absolute Gasteiger partial charge is 0.252 e. The lowest BCUT2D eigenvalue weighted by Gasteiger charge is -2.44. The van der Waals surface area contributed by atoms with Crippen molar-refractivity contribution in [3.8, 4) is 62.1 Å². The van der Waals surface area contributed by atoms with Gasteiger partial charge < -0.3 is 19.3 Å². The van der Waals surface area contributed by atoms with Crippen LogP contribution in [0.1, 0.15) is 5.56 Å². The van der Waals surface area contributed by atoms with E-state index in [1.807, 2.05) is 36.4 Å². The first-order valence-electron chi connectivity index (χ1n) is 30.7. The zero-order valence-corrected chi connectivity index (χ0v) is 49.3. The number of para-hydroxylation sites is 7. The zero-order chi connectivity index (χ0) is 59.7. The first-order chi connectivity index (χ1) is 44.6. The molecule has 0 spiro atoms. The summed E-state index contributed by atoms with van der Waals surface area (Å²) in [6.07, 6.45) is 0. The number of hydrogen-bond acceptors (Lipinski definition) is 6. The number of fused-ring (bicyclic) bond motifs is 7. The zero-order valence-electron chi connectivity index (χ0n) is 49.3. The summed E-state index contributed by atoms with van der Waals surface area (Å²) in [4.78, 5) is 23.4. The summed E-state index contributed by atoms with van der Waals surface area (Å²) in [5.74, 6) is 1.76. The Bertz CT molecular complexity index is 5010. The molecule has 2 aromatic heterocycles. The lowest BCUT2D eigenvalue weighted by Crippen LogP contribution is -2.61. The molecule has 13 aromatic carbocycles. The maximum absolute atomic E-state index is 5.46. The molecule has 0 saturated carbocycles. The normalized spacial score (nSPS) is 12.2. The molecule has 0 aliphatic carbocycles. The second-order valence-corrected chi connectivity index (χ2v) is 23.2. The van der Waals surface area contributed by atoms with Crippen LogP contribution in [-0.4, -0.2) is 26.2 Å². The molecule has 0 fully saturated rings. The van der Waals surface area contributed by atoms with Crippen molar-refractivity contribution in [1.29, 1.82) is 0 Å². The molecule has 90 heavy (non-hydrogen) atoms. The average molecular weight is 1150 g/mol. The minimum absolute atomic E-state index is 0.000871. The molecule has 422 valence electrons. The van der Waals surface area contributed by atoms with Gasteiger partial charge in [-0.1, -0.05) is 212 Å². The molecule has 4 heterocycles. The number of anilines is 9. The molecule has 2 aliphatic heterocycles. The van der Waals surface area contributed by atoms with E-state index >= 15 is 0 Å². The van der Waals surface area contributed by atoms with Crippen LogP contribution in [0.25, 0.3) is 83.9 Å². The van der Waals surface area contributed by atoms with Gasteiger partial charge in [0.1, 0.15) is 0 Å². The highest BCUT2D eigenvalue weighted by molar-refractivity contribution is 7.00. The Balaban J connectivity index is 0.926. The molecule has 15 aromatic rings. The summed E-state index contributed by atoms with van der Waals surface area (Å²) >= 11 is 0. The highest BCUT2D eigenvalue weighted by atomic mass is 15.2. The fourth-order valence-electron chi connectivity index (χ4n) is 13.9. The van der Waals surface area contributed by atoms with Crippen LogP contribution >= 0.6 is 0 Å². The summed E-state index contributed by atoms with van der Waals surface area (Å²) < 4.78 is 2.46. The van der Waals surface area contributed by atoms with Crippen LogP contribution in [0, 0.1) is 6.92 Å². The number of aromatic nitrogens is 4. The van der Waals surface area contributed by atoms with E-state index in [0.29, 0.717) is 17.5 Å². The van der Waals surface area contributed by atoms with Crippen molar-refractivity contribution in [3.05, 3.63) is 327 Å². The number of aryl methyl sites for hydroxylation is 1. The predicted molar refractivity (Wildman–Crippen MR) is 375 cm³/mol. The summed E-state index contributed by atoms with van der Waals surface area (Å²) in [5, 5.41) is 2.27. The van der Waals surface area contributed by atoms with Crippen LogP contribution in [0.4, 0.5) is 51.2 Å². The number of rotatable bonds is 11. The second-order valence-electron chi connectivity index (χ2n) is 23.2. The predicted octanol–water partition coefficient (Wildman–Crippen LogP) is 19.2. The minimum atomic E-state index is -0.000871. The lowest BCUT2D eigenvalue weighted by molar-refractivity contribution is 1.06. The molecule has 0 amide bonds. The van der Waals surface area contributed by atoms with Crippen LogP contribution in [0.15, 0.2) is 322 Å². The fourth-order valence-corrected chi connectivity index (χ4v) is 13.9. The SMILES string of the molecule is Cc1ccc2c(c1)c1cc(N(c3ccccc3)c3ccccc3)ccc1n2-c1c(-c2cccc(-c3cc4c5c(c3)N(c3ccccc3)c3ccccc3B5c3ccccc3N4c3ccccc3)c2)cccc1-c1nc(-c2ccccc2)nc(-c2ccccc2)n1. The summed E-state index contributed by atoms with van der Waals surface area (Å²) in [7, 11) is 0. The molecular formula is C82H56BN7. The Morgan fingerprint density at radius 1 is 0.311 bits per heavy atom. The van der Waals surface area contributed by atoms with Gasteiger partial charge in [-0.25, -0.2) is 15.0 Å². The summed E-state index contributed by atoms with van der Waals surface area (Å²) in [6, 6.07) is 116. The summed E-state index contributed by atoms with van der Waals surface area (Å²) in [5.41, 5.74) is 25.1. The van der Waals surface area contributed by atoms with Gasteiger partial charge in [0.05, 0.1) is 16.7 Å². The van der Waals surface area contributed by atoms with Crippen LogP contribution < -0.4 is 31.1 Å². The van der Waals surface area contributed by atoms with Gasteiger partial charge >= 0.3 is 0 Å². The van der Waals surface area contributed by atoms with Crippen molar-refractivity contribution in [3.63, 3.8) is 0 Å². The van der Waals surface area contributed by atoms with Gasteiger partial charge in [-0.15, -0.1) is 0 Å². The van der Waals surface area contributed by atoms with E-state index in [2.05, 4.69) is 311 Å². The maximum atomic E-state index is 5.46. The quantitative estimate of drug-likeness (QED) is 0.120. The van der Waals surface area contributed by atoms with Crippen LogP contribution in [0.2, 0.25) is 0 Å². The third kappa shape index (κ3) is 8.87. The van der Waals surface area contributed by atoms with Gasteiger partial charge in [0.15, 0.2) is 17.5 Å². The van der Waals surface area contributed by atoms with Gasteiger partial charge in [-0.05, 0) is 155 Å². The van der Waals surface area contributed by atoms with Crippen molar-refractivity contribution in [2.45, 2.75) is 6.92 Å². The molecule has 7 nitrogen and oxygen atoms in total. The lowest BCUT2D eigenvalue weighted by atomic mass is 9.33. The first kappa shape index (κ1) is 52.5. The number of hydrogen-bond donors (Lipinski definition) is 0. The van der Waals surface area contributed by atoms with E-state index in [4.69, 9.17) is 15.0 Å². The largest absolute Gasteiger partial charge is 0.311 e. The molecular weight excluding hydrogens is 1090 g/mol. The molecule has 0 atom stereocenters. The number of nitrogens with zero attached hydrogens (tertiary/aromatic N) is 7. The highest BCUT2D eigenvalue weighted by Crippen LogP contribution is 2.48. The Kier molecular flexibility index (Phi) is 12.7. The molecule has 0 saturated heterocycles. The Morgan fingerprint density at radius 3 is 1.32 bits per heavy atom. The highest BCUT2D eigenvalue weighted by Gasteiger charge is 2.43. The standard InChI is InChI=1S/C82H56BN7/c1-55-46-48-72-68(50-55)69-54-65(87(61-32-12-4-13-33-61)62-34-14-5-15-35-62)47-49-73(69)90(72)79-66(40-25-41-67(79)82-85-80(56-26-8-2-9-27-56)84-81(86-82)57-28-10-3-11-29-57)59-31-24-30-58(51-59)60-52-76-78-77(53-60)89(64-38-18-7-19-39-64)75-45-23-21-43-71(75)83(78)70-42-20-22-44-74(70)88(76)63-36-16-6-17-37-63/h2-54H,1H3. The summed E-state index contributed by atoms with van der Waals surface area (Å²) in [6.45, 7) is 2.18. The van der Waals surface area contributed by atoms with Gasteiger partial charge in [0.25, 0.3) is 6.71 Å². The van der Waals surface area contributed by atoms with Gasteiger partial charge in [-0.3, -0.25) is 0 Å². The average Bonchev–Trinajstić information content (AvgIpc) is 0.729. The molecule has 0 unspecified atom stereocenters. The molecule has 17 rings (SSSR count). The van der Waals surface area contributed by atoms with Gasteiger partial charge in [0, 0.05) is 84.2 Å². The van der Waals surface area contributed by atoms with Crippen molar-refractivity contribution in [1.82, 2.24) is 19.5 Å². The van der Waals surface area contributed by atoms with Crippen LogP contribution in [-0.2, 0) is 0 Å². The monoisotopic (exact) mass is 1150 g/mol. The molecule has 0 radical (unpaired) electrons. The third-order valence-corrected chi connectivity index (χ3v) is 17.8. The molecule has 0 N–H and O–H groups in total. The first-order valence-corrected chi connectivity index (χ1v) is 30.7. The fraction of sp³-hybridized carbons (Fsp3) is 0.0122. The van der Waals surface area contributed by atoms with E-state index in [1.165, 1.54) is 33.3 Å².